The van der Waals surface area contributed by atoms with Crippen LogP contribution in [0.4, 0.5) is 0 Å². The topological polar surface area (TPSA) is 184 Å². The molecule has 0 aromatic carbocycles. The predicted molar refractivity (Wildman–Crippen MR) is 276 cm³/mol. The van der Waals surface area contributed by atoms with Crippen molar-refractivity contribution >= 4 is 11.9 Å². The van der Waals surface area contributed by atoms with Crippen LogP contribution in [0.3, 0.4) is 0 Å². The predicted octanol–water partition coefficient (Wildman–Crippen LogP) is 12.3. The third-order valence-electron chi connectivity index (χ3n) is 14.0. The Morgan fingerprint density at radius 1 is 0.588 bits per heavy atom. The van der Waals surface area contributed by atoms with E-state index < -0.39 is 66.6 Å². The minimum absolute atomic E-state index is 0.166. The van der Waals surface area contributed by atoms with Gasteiger partial charge >= 0.3 is 5.97 Å². The van der Waals surface area contributed by atoms with Crippen LogP contribution >= 0.6 is 0 Å². The zero-order valence-electron chi connectivity index (χ0n) is 44.5. The van der Waals surface area contributed by atoms with Crippen molar-refractivity contribution in [3.63, 3.8) is 0 Å². The molecule has 6 N–H and O–H groups in total. The largest absolute Gasteiger partial charge is 0.477 e. The molecule has 1 amide bonds. The molecule has 6 atom stereocenters. The van der Waals surface area contributed by atoms with Crippen molar-refractivity contribution in [1.29, 1.82) is 0 Å². The quantitative estimate of drug-likeness (QED) is 0.0319. The van der Waals surface area contributed by atoms with Crippen LogP contribution in [0.5, 0.6) is 0 Å². The highest BCUT2D eigenvalue weighted by Crippen LogP contribution is 2.35. The maximum Gasteiger partial charge on any atom is 0.364 e. The molecule has 0 radical (unpaired) electrons. The Hall–Kier alpha value is -1.38. The Balaban J connectivity index is 2.54. The van der Waals surface area contributed by atoms with E-state index in [0.717, 1.165) is 25.7 Å². The molecule has 1 aliphatic heterocycles. The molecule has 0 saturated carbocycles. The van der Waals surface area contributed by atoms with Crippen molar-refractivity contribution in [3.8, 4) is 0 Å². The Kier molecular flexibility index (Phi) is 41.1. The molecule has 1 rings (SSSR count). The number of ether oxygens (including phenoxy) is 4. The highest BCUT2D eigenvalue weighted by molar-refractivity contribution is 5.76. The smallest absolute Gasteiger partial charge is 0.364 e. The molecule has 12 nitrogen and oxygen atoms in total. The highest BCUT2D eigenvalue weighted by atomic mass is 16.7. The lowest BCUT2D eigenvalue weighted by Crippen LogP contribution is -2.68. The Morgan fingerprint density at radius 2 is 0.912 bits per heavy atom. The number of aliphatic hydroxyl groups is 4. The number of hydrogen-bond acceptors (Lipinski definition) is 10. The standard InChI is InChI=1S/C56H109NO11/c1-5-7-9-11-13-15-17-19-21-23-25-27-29-31-33-35-37-39-41-65-45-55(4,46-66-42-40-38-36-34-32-30-28-26-24-22-20-18-16-14-12-10-8-6-2)47-67-56(54(63)64)43-49(60)51(57-48(3)59)53(68-56)52(62)50(61)44-58/h49-53,58,60-62H,5-47H2,1-4H3,(H,57,59)(H,63,64)/t49-,50+,51+,52+,53+,56+/m0/s1. The first kappa shape index (κ1) is 64.6. The second-order valence-electron chi connectivity index (χ2n) is 21.1. The molecular weight excluding hydrogens is 863 g/mol. The number of carbonyl (C=O) groups excluding carboxylic acids is 1. The van der Waals surface area contributed by atoms with Gasteiger partial charge in [-0.1, -0.05) is 239 Å². The van der Waals surface area contributed by atoms with Gasteiger partial charge in [0.05, 0.1) is 38.6 Å². The van der Waals surface area contributed by atoms with Gasteiger partial charge in [0.1, 0.15) is 18.3 Å². The highest BCUT2D eigenvalue weighted by Gasteiger charge is 2.56. The number of rotatable bonds is 50. The molecule has 0 aromatic heterocycles. The van der Waals surface area contributed by atoms with Gasteiger partial charge < -0.3 is 49.8 Å². The molecule has 0 aromatic rings. The van der Waals surface area contributed by atoms with Gasteiger partial charge in [0.25, 0.3) is 5.79 Å². The van der Waals surface area contributed by atoms with E-state index in [1.807, 2.05) is 6.92 Å². The lowest BCUT2D eigenvalue weighted by atomic mass is 9.88. The lowest BCUT2D eigenvalue weighted by molar-refractivity contribution is -0.318. The molecular formula is C56H109NO11. The monoisotopic (exact) mass is 972 g/mol. The summed E-state index contributed by atoms with van der Waals surface area (Å²) in [4.78, 5) is 24.9. The molecule has 0 aliphatic carbocycles. The minimum atomic E-state index is -2.42. The second kappa shape index (κ2) is 43.2. The number of aliphatic carboxylic acids is 1. The van der Waals surface area contributed by atoms with Crippen LogP contribution < -0.4 is 5.32 Å². The second-order valence-corrected chi connectivity index (χ2v) is 21.1. The van der Waals surface area contributed by atoms with Gasteiger partial charge in [0, 0.05) is 32.0 Å². The summed E-state index contributed by atoms with van der Waals surface area (Å²) in [5.41, 5.74) is -0.785. The van der Waals surface area contributed by atoms with Crippen LogP contribution in [-0.4, -0.2) is 113 Å². The van der Waals surface area contributed by atoms with Crippen LogP contribution in [0.2, 0.25) is 0 Å². The molecule has 404 valence electrons. The normalized spacial score (nSPS) is 19.6. The molecule has 0 unspecified atom stereocenters. The fourth-order valence-corrected chi connectivity index (χ4v) is 9.54. The summed E-state index contributed by atoms with van der Waals surface area (Å²) in [5.74, 6) is -4.50. The number of carboxylic acids is 1. The van der Waals surface area contributed by atoms with Crippen molar-refractivity contribution < 1.29 is 54.1 Å². The fraction of sp³-hybridized carbons (Fsp3) is 0.964. The first-order chi connectivity index (χ1) is 32.9. The minimum Gasteiger partial charge on any atom is -0.477 e. The molecule has 1 heterocycles. The van der Waals surface area contributed by atoms with Gasteiger partial charge in [-0.15, -0.1) is 0 Å². The Morgan fingerprint density at radius 3 is 1.21 bits per heavy atom. The van der Waals surface area contributed by atoms with Crippen LogP contribution in [0.1, 0.15) is 265 Å². The molecule has 1 saturated heterocycles. The third kappa shape index (κ3) is 32.6. The number of carboxylic acid groups (broad SMARTS) is 1. The van der Waals surface area contributed by atoms with E-state index in [-0.39, 0.29) is 19.8 Å². The van der Waals surface area contributed by atoms with Gasteiger partial charge in [-0.3, -0.25) is 4.79 Å². The van der Waals surface area contributed by atoms with Crippen molar-refractivity contribution in [2.45, 2.75) is 302 Å². The maximum absolute atomic E-state index is 12.9. The van der Waals surface area contributed by atoms with E-state index >= 15 is 0 Å². The Labute approximate surface area is 416 Å². The number of nitrogens with one attached hydrogen (secondary N) is 1. The zero-order valence-corrected chi connectivity index (χ0v) is 44.5. The number of aliphatic hydroxyl groups excluding tert-OH is 4. The summed E-state index contributed by atoms with van der Waals surface area (Å²) < 4.78 is 24.4. The van der Waals surface area contributed by atoms with E-state index in [1.165, 1.54) is 212 Å². The maximum atomic E-state index is 12.9. The number of amides is 1. The summed E-state index contributed by atoms with van der Waals surface area (Å²) in [7, 11) is 0. The van der Waals surface area contributed by atoms with Gasteiger partial charge in [-0.2, -0.15) is 0 Å². The van der Waals surface area contributed by atoms with Gasteiger partial charge in [0.15, 0.2) is 0 Å². The first-order valence-electron chi connectivity index (χ1n) is 28.6. The summed E-state index contributed by atoms with van der Waals surface area (Å²) in [6.07, 6.45) is 39.8. The lowest BCUT2D eigenvalue weighted by Gasteiger charge is -2.47. The van der Waals surface area contributed by atoms with E-state index in [1.54, 1.807) is 0 Å². The van der Waals surface area contributed by atoms with E-state index in [2.05, 4.69) is 19.2 Å². The third-order valence-corrected chi connectivity index (χ3v) is 14.0. The molecule has 1 aliphatic rings. The van der Waals surface area contributed by atoms with Gasteiger partial charge in [-0.25, -0.2) is 4.79 Å². The van der Waals surface area contributed by atoms with Crippen molar-refractivity contribution in [3.05, 3.63) is 0 Å². The molecule has 1 fully saturated rings. The van der Waals surface area contributed by atoms with Gasteiger partial charge in [-0.05, 0) is 12.8 Å². The molecule has 0 bridgehead atoms. The van der Waals surface area contributed by atoms with Gasteiger partial charge in [0.2, 0.25) is 5.91 Å². The average molecular weight is 972 g/mol. The molecule has 12 heteroatoms. The molecule has 0 spiro atoms. The number of carbonyl (C=O) groups is 2. The average Bonchev–Trinajstić information content (AvgIpc) is 3.32. The van der Waals surface area contributed by atoms with Crippen molar-refractivity contribution in [1.82, 2.24) is 5.32 Å². The summed E-state index contributed by atoms with van der Waals surface area (Å²) >= 11 is 0. The molecule has 68 heavy (non-hydrogen) atoms. The van der Waals surface area contributed by atoms with Crippen molar-refractivity contribution in [2.75, 3.05) is 39.6 Å². The summed E-state index contributed by atoms with van der Waals surface area (Å²) in [6.45, 7) is 8.25. The van der Waals surface area contributed by atoms with Crippen LogP contribution in [0.25, 0.3) is 0 Å². The van der Waals surface area contributed by atoms with Crippen LogP contribution in [-0.2, 0) is 28.5 Å². The van der Waals surface area contributed by atoms with E-state index in [9.17, 15) is 35.1 Å². The van der Waals surface area contributed by atoms with Crippen LogP contribution in [0.15, 0.2) is 0 Å². The number of unbranched alkanes of at least 4 members (excludes halogenated alkanes) is 34. The van der Waals surface area contributed by atoms with Crippen molar-refractivity contribution in [2.24, 2.45) is 5.41 Å². The van der Waals surface area contributed by atoms with E-state index in [4.69, 9.17) is 18.9 Å². The number of hydrogen-bond donors (Lipinski definition) is 6. The summed E-state index contributed by atoms with van der Waals surface area (Å²) in [6, 6.07) is -1.26. The van der Waals surface area contributed by atoms with Crippen LogP contribution in [0, 0.1) is 5.41 Å². The zero-order chi connectivity index (χ0) is 50.0. The SMILES string of the molecule is CCCCCCCCCCCCCCCCCCCCOCC(C)(COCCCCCCCCCCCCCCCCCCCC)CO[C@]1(C(=O)O)C[C@H](O)[C@@H](NC(C)=O)[C@H]([C@H](O)[C@H](O)CO)O1. The Bertz CT molecular complexity index is 1120. The first-order valence-corrected chi connectivity index (χ1v) is 28.6. The fourth-order valence-electron chi connectivity index (χ4n) is 9.54. The van der Waals surface area contributed by atoms with E-state index in [0.29, 0.717) is 13.2 Å². The summed E-state index contributed by atoms with van der Waals surface area (Å²) in [5, 5.41) is 54.8.